The van der Waals surface area contributed by atoms with Gasteiger partial charge in [-0.15, -0.1) is 0 Å². The maximum atomic E-state index is 12.7. The fourth-order valence-electron chi connectivity index (χ4n) is 4.12. The maximum absolute atomic E-state index is 12.7. The van der Waals surface area contributed by atoms with E-state index in [1.54, 1.807) is 13.0 Å². The molecule has 166 valence electrons. The first kappa shape index (κ1) is 21.6. The molecule has 32 heavy (non-hydrogen) atoms. The van der Waals surface area contributed by atoms with Crippen molar-refractivity contribution < 1.29 is 14.5 Å². The number of aryl methyl sites for hydroxylation is 1. The molecule has 1 N–H and O–H groups in total. The molecular weight excluding hydrogens is 410 g/mol. The molecule has 2 aromatic heterocycles. The molecule has 1 aliphatic heterocycles. The summed E-state index contributed by atoms with van der Waals surface area (Å²) in [5.74, 6) is 0.261. The van der Waals surface area contributed by atoms with Gasteiger partial charge in [-0.05, 0) is 38.0 Å². The molecule has 0 bridgehead atoms. The third kappa shape index (κ3) is 4.52. The Hall–Kier alpha value is -3.59. The first-order valence-electron chi connectivity index (χ1n) is 10.6. The van der Waals surface area contributed by atoms with Crippen LogP contribution in [-0.2, 0) is 11.3 Å². The number of carbonyl (C=O) groups is 1. The van der Waals surface area contributed by atoms with Gasteiger partial charge in [0.1, 0.15) is 12.0 Å². The minimum Gasteiger partial charge on any atom is -0.462 e. The Labute approximate surface area is 185 Å². The zero-order valence-corrected chi connectivity index (χ0v) is 18.1. The number of anilines is 1. The van der Waals surface area contributed by atoms with E-state index in [0.717, 1.165) is 36.0 Å². The average molecular weight is 435 g/mol. The SMILES string of the molecule is CCOC(=O)c1c(CN2CCC(Nc3ccc([N+](=O)[O-])cn3)C2)nc2ccccc2c1C. The molecule has 0 spiro atoms. The maximum Gasteiger partial charge on any atom is 0.340 e. The van der Waals surface area contributed by atoms with Gasteiger partial charge in [0.25, 0.3) is 5.69 Å². The van der Waals surface area contributed by atoms with Crippen molar-refractivity contribution in [2.45, 2.75) is 32.9 Å². The third-order valence-electron chi connectivity index (χ3n) is 5.66. The minimum absolute atomic E-state index is 0.0344. The van der Waals surface area contributed by atoms with Crippen LogP contribution >= 0.6 is 0 Å². The number of fused-ring (bicyclic) bond motifs is 1. The first-order chi connectivity index (χ1) is 15.5. The molecule has 9 heteroatoms. The summed E-state index contributed by atoms with van der Waals surface area (Å²) in [6.45, 7) is 6.15. The number of nitrogens with zero attached hydrogens (tertiary/aromatic N) is 4. The molecule has 1 saturated heterocycles. The van der Waals surface area contributed by atoms with Crippen molar-refractivity contribution in [3.63, 3.8) is 0 Å². The summed E-state index contributed by atoms with van der Waals surface area (Å²) in [6, 6.07) is 11.0. The number of benzene rings is 1. The van der Waals surface area contributed by atoms with Crippen LogP contribution in [0.5, 0.6) is 0 Å². The highest BCUT2D eigenvalue weighted by Gasteiger charge is 2.26. The van der Waals surface area contributed by atoms with Gasteiger partial charge in [-0.3, -0.25) is 20.0 Å². The van der Waals surface area contributed by atoms with Crippen molar-refractivity contribution in [2.24, 2.45) is 0 Å². The van der Waals surface area contributed by atoms with Gasteiger partial charge in [-0.25, -0.2) is 9.78 Å². The standard InChI is InChI=1S/C23H25N5O4/c1-3-32-23(29)22-15(2)18-6-4-5-7-19(18)26-20(22)14-27-11-10-16(13-27)25-21-9-8-17(12-24-21)28(30)31/h4-9,12,16H,3,10-11,13-14H2,1-2H3,(H,24,25). The monoisotopic (exact) mass is 435 g/mol. The van der Waals surface area contributed by atoms with E-state index >= 15 is 0 Å². The van der Waals surface area contributed by atoms with E-state index in [2.05, 4.69) is 15.2 Å². The number of carbonyl (C=O) groups excluding carboxylic acids is 1. The highest BCUT2D eigenvalue weighted by atomic mass is 16.6. The number of para-hydroxylation sites is 1. The molecule has 3 aromatic rings. The molecule has 0 radical (unpaired) electrons. The Morgan fingerprint density at radius 1 is 1.31 bits per heavy atom. The Morgan fingerprint density at radius 3 is 2.84 bits per heavy atom. The first-order valence-corrected chi connectivity index (χ1v) is 10.6. The fourth-order valence-corrected chi connectivity index (χ4v) is 4.12. The summed E-state index contributed by atoms with van der Waals surface area (Å²) in [5, 5.41) is 15.1. The van der Waals surface area contributed by atoms with Gasteiger partial charge in [0.05, 0.1) is 28.3 Å². The lowest BCUT2D eigenvalue weighted by molar-refractivity contribution is -0.385. The van der Waals surface area contributed by atoms with Gasteiger partial charge in [0.2, 0.25) is 0 Å². The molecule has 9 nitrogen and oxygen atoms in total. The zero-order valence-electron chi connectivity index (χ0n) is 18.1. The van der Waals surface area contributed by atoms with Gasteiger partial charge in [-0.1, -0.05) is 18.2 Å². The normalized spacial score (nSPS) is 16.2. The van der Waals surface area contributed by atoms with Crippen LogP contribution in [0.3, 0.4) is 0 Å². The van der Waals surface area contributed by atoms with E-state index in [0.29, 0.717) is 30.2 Å². The fraction of sp³-hybridized carbons (Fsp3) is 0.348. The number of esters is 1. The Kier molecular flexibility index (Phi) is 6.27. The van der Waals surface area contributed by atoms with Crippen molar-refractivity contribution in [3.05, 3.63) is 69.5 Å². The number of rotatable bonds is 7. The number of hydrogen-bond donors (Lipinski definition) is 1. The lowest BCUT2D eigenvalue weighted by Gasteiger charge is -2.20. The van der Waals surface area contributed by atoms with Gasteiger partial charge in [-0.2, -0.15) is 0 Å². The Morgan fingerprint density at radius 2 is 2.12 bits per heavy atom. The van der Waals surface area contributed by atoms with Gasteiger partial charge < -0.3 is 10.1 Å². The second kappa shape index (κ2) is 9.27. The quantitative estimate of drug-likeness (QED) is 0.340. The van der Waals surface area contributed by atoms with Gasteiger partial charge in [0, 0.05) is 37.1 Å². The Bertz CT molecular complexity index is 1150. The van der Waals surface area contributed by atoms with Crippen LogP contribution in [-0.4, -0.2) is 51.5 Å². The summed E-state index contributed by atoms with van der Waals surface area (Å²) < 4.78 is 5.32. The van der Waals surface area contributed by atoms with Crippen LogP contribution in [0.1, 0.15) is 35.0 Å². The number of ether oxygens (including phenoxy) is 1. The molecule has 1 atom stereocenters. The predicted octanol–water partition coefficient (Wildman–Crippen LogP) is 3.71. The third-order valence-corrected chi connectivity index (χ3v) is 5.66. The molecular formula is C23H25N5O4. The average Bonchev–Trinajstić information content (AvgIpc) is 3.21. The number of hydrogen-bond acceptors (Lipinski definition) is 8. The van der Waals surface area contributed by atoms with Crippen molar-refractivity contribution in [2.75, 3.05) is 25.0 Å². The predicted molar refractivity (Wildman–Crippen MR) is 121 cm³/mol. The second-order valence-electron chi connectivity index (χ2n) is 7.82. The Balaban J connectivity index is 1.51. The largest absolute Gasteiger partial charge is 0.462 e. The molecule has 1 unspecified atom stereocenters. The molecule has 0 saturated carbocycles. The summed E-state index contributed by atoms with van der Waals surface area (Å²) in [6.07, 6.45) is 2.14. The molecule has 1 aliphatic rings. The van der Waals surface area contributed by atoms with Crippen LogP contribution in [0.2, 0.25) is 0 Å². The van der Waals surface area contributed by atoms with Crippen LogP contribution in [0.4, 0.5) is 11.5 Å². The summed E-state index contributed by atoms with van der Waals surface area (Å²) in [5.41, 5.74) is 2.96. The second-order valence-corrected chi connectivity index (χ2v) is 7.82. The molecule has 0 aliphatic carbocycles. The molecule has 1 fully saturated rings. The topological polar surface area (TPSA) is 110 Å². The van der Waals surface area contributed by atoms with Crippen molar-refractivity contribution in [1.29, 1.82) is 0 Å². The number of likely N-dealkylation sites (tertiary alicyclic amines) is 1. The highest BCUT2D eigenvalue weighted by Crippen LogP contribution is 2.26. The number of nitro groups is 1. The van der Waals surface area contributed by atoms with E-state index in [1.165, 1.54) is 12.3 Å². The summed E-state index contributed by atoms with van der Waals surface area (Å²) in [7, 11) is 0. The number of aromatic nitrogens is 2. The highest BCUT2D eigenvalue weighted by molar-refractivity contribution is 5.98. The summed E-state index contributed by atoms with van der Waals surface area (Å²) >= 11 is 0. The molecule has 3 heterocycles. The van der Waals surface area contributed by atoms with E-state index in [-0.39, 0.29) is 17.7 Å². The van der Waals surface area contributed by atoms with E-state index in [4.69, 9.17) is 9.72 Å². The smallest absolute Gasteiger partial charge is 0.340 e. The molecule has 0 amide bonds. The van der Waals surface area contributed by atoms with Crippen molar-refractivity contribution >= 4 is 28.4 Å². The van der Waals surface area contributed by atoms with Gasteiger partial charge in [0.15, 0.2) is 0 Å². The summed E-state index contributed by atoms with van der Waals surface area (Å²) in [4.78, 5) is 34.2. The zero-order chi connectivity index (χ0) is 22.7. The van der Waals surface area contributed by atoms with Crippen molar-refractivity contribution in [3.8, 4) is 0 Å². The van der Waals surface area contributed by atoms with Gasteiger partial charge >= 0.3 is 5.97 Å². The van der Waals surface area contributed by atoms with E-state index in [1.807, 2.05) is 31.2 Å². The lowest BCUT2D eigenvalue weighted by atomic mass is 10.0. The molecule has 1 aromatic carbocycles. The van der Waals surface area contributed by atoms with Crippen molar-refractivity contribution in [1.82, 2.24) is 14.9 Å². The van der Waals surface area contributed by atoms with Crippen LogP contribution in [0, 0.1) is 17.0 Å². The van der Waals surface area contributed by atoms with E-state index < -0.39 is 4.92 Å². The number of nitrogens with one attached hydrogen (secondary N) is 1. The minimum atomic E-state index is -0.465. The van der Waals surface area contributed by atoms with Crippen LogP contribution < -0.4 is 5.32 Å². The van der Waals surface area contributed by atoms with Crippen LogP contribution in [0.15, 0.2) is 42.6 Å². The van der Waals surface area contributed by atoms with Crippen LogP contribution in [0.25, 0.3) is 10.9 Å². The lowest BCUT2D eigenvalue weighted by Crippen LogP contribution is -2.27. The van der Waals surface area contributed by atoms with E-state index in [9.17, 15) is 14.9 Å². The number of pyridine rings is 2. The molecule has 4 rings (SSSR count).